The van der Waals surface area contributed by atoms with E-state index in [0.717, 1.165) is 23.9 Å². The second-order valence-electron chi connectivity index (χ2n) is 4.63. The molecule has 0 aliphatic rings. The Bertz CT molecular complexity index is 499. The number of rotatable bonds is 6. The van der Waals surface area contributed by atoms with Crippen molar-refractivity contribution < 1.29 is 0 Å². The van der Waals surface area contributed by atoms with E-state index in [4.69, 9.17) is 0 Å². The van der Waals surface area contributed by atoms with Gasteiger partial charge < -0.3 is 5.32 Å². The summed E-state index contributed by atoms with van der Waals surface area (Å²) in [4.78, 5) is 4.22. The lowest BCUT2D eigenvalue weighted by Gasteiger charge is -2.19. The lowest BCUT2D eigenvalue weighted by molar-refractivity contribution is 0.528. The number of nitrogens with one attached hydrogen (secondary N) is 1. The Kier molecular flexibility index (Phi) is 5.55. The Morgan fingerprint density at radius 3 is 2.84 bits per heavy atom. The van der Waals surface area contributed by atoms with Gasteiger partial charge in [-0.05, 0) is 48.7 Å². The van der Waals surface area contributed by atoms with Crippen molar-refractivity contribution in [3.63, 3.8) is 0 Å². The summed E-state index contributed by atoms with van der Waals surface area (Å²) in [7, 11) is 0. The maximum atomic E-state index is 4.22. The first kappa shape index (κ1) is 14.2. The fourth-order valence-corrected chi connectivity index (χ4v) is 2.55. The minimum atomic E-state index is 0.322. The highest BCUT2D eigenvalue weighted by Crippen LogP contribution is 2.20. The van der Waals surface area contributed by atoms with E-state index in [0.29, 0.717) is 6.04 Å². The van der Waals surface area contributed by atoms with Crippen LogP contribution in [0.2, 0.25) is 0 Å². The van der Waals surface area contributed by atoms with Crippen LogP contribution in [0, 0.1) is 0 Å². The van der Waals surface area contributed by atoms with Crippen LogP contribution in [0.3, 0.4) is 0 Å². The molecule has 1 aromatic heterocycles. The lowest BCUT2D eigenvalue weighted by Crippen LogP contribution is -2.24. The third-order valence-electron chi connectivity index (χ3n) is 3.06. The van der Waals surface area contributed by atoms with Gasteiger partial charge in [0.15, 0.2) is 0 Å². The van der Waals surface area contributed by atoms with E-state index in [9.17, 15) is 0 Å². The van der Waals surface area contributed by atoms with Gasteiger partial charge in [0.25, 0.3) is 0 Å². The van der Waals surface area contributed by atoms with Crippen LogP contribution < -0.4 is 5.32 Å². The second-order valence-corrected chi connectivity index (χ2v) is 5.54. The highest BCUT2D eigenvalue weighted by atomic mass is 79.9. The van der Waals surface area contributed by atoms with E-state index in [1.807, 2.05) is 18.5 Å². The van der Waals surface area contributed by atoms with Gasteiger partial charge in [0, 0.05) is 22.9 Å². The molecule has 1 unspecified atom stereocenters. The maximum Gasteiger partial charge on any atom is 0.0376 e. The molecule has 0 aliphatic carbocycles. The molecule has 1 heterocycles. The summed E-state index contributed by atoms with van der Waals surface area (Å²) in [6, 6.07) is 12.9. The number of halogens is 1. The fraction of sp³-hybridized carbons (Fsp3) is 0.312. The van der Waals surface area contributed by atoms with Gasteiger partial charge in [0.2, 0.25) is 0 Å². The summed E-state index contributed by atoms with van der Waals surface area (Å²) in [6.07, 6.45) is 5.88. The van der Waals surface area contributed by atoms with Gasteiger partial charge in [0.05, 0.1) is 0 Å². The average molecular weight is 319 g/mol. The summed E-state index contributed by atoms with van der Waals surface area (Å²) in [5.41, 5.74) is 2.57. The van der Waals surface area contributed by atoms with Gasteiger partial charge in [-0.2, -0.15) is 0 Å². The Hall–Kier alpha value is -1.19. The molecular weight excluding hydrogens is 300 g/mol. The van der Waals surface area contributed by atoms with Gasteiger partial charge in [0.1, 0.15) is 0 Å². The highest BCUT2D eigenvalue weighted by molar-refractivity contribution is 9.10. The Balaban J connectivity index is 2.14. The molecule has 0 fully saturated rings. The van der Waals surface area contributed by atoms with Crippen LogP contribution >= 0.6 is 15.9 Å². The predicted octanol–water partition coefficient (Wildman–Crippen LogP) is 4.13. The van der Waals surface area contributed by atoms with Crippen LogP contribution in [-0.2, 0) is 6.42 Å². The molecule has 1 atom stereocenters. The molecule has 2 rings (SSSR count). The summed E-state index contributed by atoms with van der Waals surface area (Å²) in [5, 5.41) is 3.60. The van der Waals surface area contributed by atoms with E-state index in [1.54, 1.807) is 0 Å². The number of aromatic nitrogens is 1. The summed E-state index contributed by atoms with van der Waals surface area (Å²) in [6.45, 7) is 3.21. The molecule has 100 valence electrons. The normalized spacial score (nSPS) is 12.3. The monoisotopic (exact) mass is 318 g/mol. The minimum Gasteiger partial charge on any atom is -0.310 e. The van der Waals surface area contributed by atoms with E-state index in [2.05, 4.69) is 63.5 Å². The average Bonchev–Trinajstić information content (AvgIpc) is 2.44. The Morgan fingerprint density at radius 2 is 2.16 bits per heavy atom. The van der Waals surface area contributed by atoms with Crippen LogP contribution in [-0.4, -0.2) is 11.5 Å². The van der Waals surface area contributed by atoms with E-state index in [-0.39, 0.29) is 0 Å². The van der Waals surface area contributed by atoms with Gasteiger partial charge in [-0.25, -0.2) is 0 Å². The molecule has 0 saturated heterocycles. The van der Waals surface area contributed by atoms with Crippen molar-refractivity contribution in [3.05, 3.63) is 64.4 Å². The molecule has 2 aromatic rings. The van der Waals surface area contributed by atoms with Crippen molar-refractivity contribution in [1.82, 2.24) is 10.3 Å². The first-order chi connectivity index (χ1) is 9.29. The molecule has 0 bridgehead atoms. The lowest BCUT2D eigenvalue weighted by atomic mass is 10.00. The number of hydrogen-bond acceptors (Lipinski definition) is 2. The molecule has 0 radical (unpaired) electrons. The molecule has 0 aliphatic heterocycles. The third kappa shape index (κ3) is 4.44. The van der Waals surface area contributed by atoms with E-state index in [1.165, 1.54) is 11.1 Å². The molecule has 1 aromatic carbocycles. The van der Waals surface area contributed by atoms with Crippen LogP contribution in [0.4, 0.5) is 0 Å². The quantitative estimate of drug-likeness (QED) is 0.866. The molecule has 0 amide bonds. The molecule has 19 heavy (non-hydrogen) atoms. The number of nitrogens with zero attached hydrogens (tertiary/aromatic N) is 1. The third-order valence-corrected chi connectivity index (χ3v) is 3.55. The topological polar surface area (TPSA) is 24.9 Å². The van der Waals surface area contributed by atoms with Gasteiger partial charge in [-0.1, -0.05) is 41.1 Å². The molecule has 0 saturated carbocycles. The summed E-state index contributed by atoms with van der Waals surface area (Å²) in [5.74, 6) is 0. The molecule has 1 N–H and O–H groups in total. The predicted molar refractivity (Wildman–Crippen MR) is 83.1 cm³/mol. The highest BCUT2D eigenvalue weighted by Gasteiger charge is 2.11. The zero-order valence-electron chi connectivity index (χ0n) is 11.1. The molecule has 2 nitrogen and oxygen atoms in total. The second kappa shape index (κ2) is 7.41. The zero-order chi connectivity index (χ0) is 13.5. The SMILES string of the molecule is CCCNC(Cc1cccc(Br)c1)c1cccnc1. The number of hydrogen-bond donors (Lipinski definition) is 1. The maximum absolute atomic E-state index is 4.22. The van der Waals surface area contributed by atoms with Crippen molar-refractivity contribution in [2.45, 2.75) is 25.8 Å². The smallest absolute Gasteiger partial charge is 0.0376 e. The van der Waals surface area contributed by atoms with Crippen LogP contribution in [0.1, 0.15) is 30.5 Å². The number of benzene rings is 1. The van der Waals surface area contributed by atoms with Crippen molar-refractivity contribution in [1.29, 1.82) is 0 Å². The molecular formula is C16H19BrN2. The van der Waals surface area contributed by atoms with Crippen LogP contribution in [0.15, 0.2) is 53.3 Å². The van der Waals surface area contributed by atoms with Crippen LogP contribution in [0.5, 0.6) is 0 Å². The first-order valence-corrected chi connectivity index (χ1v) is 7.46. The first-order valence-electron chi connectivity index (χ1n) is 6.67. The molecule has 0 spiro atoms. The summed E-state index contributed by atoms with van der Waals surface area (Å²) < 4.78 is 1.13. The standard InChI is InChI=1S/C16H19BrN2/c1-2-8-19-16(14-6-4-9-18-12-14)11-13-5-3-7-15(17)10-13/h3-7,9-10,12,16,19H,2,8,11H2,1H3. The van der Waals surface area contributed by atoms with E-state index >= 15 is 0 Å². The molecule has 3 heteroatoms. The number of pyridine rings is 1. The van der Waals surface area contributed by atoms with Crippen molar-refractivity contribution >= 4 is 15.9 Å². The Labute approximate surface area is 123 Å². The minimum absolute atomic E-state index is 0.322. The summed E-state index contributed by atoms with van der Waals surface area (Å²) >= 11 is 3.53. The zero-order valence-corrected chi connectivity index (χ0v) is 12.7. The van der Waals surface area contributed by atoms with Crippen LogP contribution in [0.25, 0.3) is 0 Å². The van der Waals surface area contributed by atoms with Gasteiger partial charge in [-0.3, -0.25) is 4.98 Å². The Morgan fingerprint density at radius 1 is 1.26 bits per heavy atom. The van der Waals surface area contributed by atoms with Crippen molar-refractivity contribution in [3.8, 4) is 0 Å². The van der Waals surface area contributed by atoms with Crippen molar-refractivity contribution in [2.75, 3.05) is 6.54 Å². The van der Waals surface area contributed by atoms with Gasteiger partial charge >= 0.3 is 0 Å². The van der Waals surface area contributed by atoms with Gasteiger partial charge in [-0.15, -0.1) is 0 Å². The van der Waals surface area contributed by atoms with E-state index < -0.39 is 0 Å². The largest absolute Gasteiger partial charge is 0.310 e. The van der Waals surface area contributed by atoms with Crippen molar-refractivity contribution in [2.24, 2.45) is 0 Å². The fourth-order valence-electron chi connectivity index (χ4n) is 2.11.